The fourth-order valence-electron chi connectivity index (χ4n) is 2.08. The van der Waals surface area contributed by atoms with E-state index in [2.05, 4.69) is 11.8 Å². The first-order valence-electron chi connectivity index (χ1n) is 5.96. The van der Waals surface area contributed by atoms with Crippen molar-refractivity contribution in [2.75, 3.05) is 19.0 Å². The van der Waals surface area contributed by atoms with Crippen LogP contribution in [-0.4, -0.2) is 36.1 Å². The second-order valence-electron chi connectivity index (χ2n) is 4.59. The molecule has 0 bridgehead atoms. The second-order valence-corrected chi connectivity index (χ2v) is 5.30. The van der Waals surface area contributed by atoms with E-state index in [0.717, 1.165) is 0 Å². The van der Waals surface area contributed by atoms with Crippen LogP contribution in [0.4, 0.5) is 4.39 Å². The molecule has 18 heavy (non-hydrogen) atoms. The van der Waals surface area contributed by atoms with Gasteiger partial charge < -0.3 is 4.74 Å². The van der Waals surface area contributed by atoms with E-state index in [9.17, 15) is 4.39 Å². The van der Waals surface area contributed by atoms with Crippen molar-refractivity contribution in [1.82, 2.24) is 4.90 Å². The molecule has 1 heterocycles. The summed E-state index contributed by atoms with van der Waals surface area (Å²) in [6.45, 7) is 3.86. The first kappa shape index (κ1) is 14.1. The van der Waals surface area contributed by atoms with Crippen LogP contribution in [0.3, 0.4) is 0 Å². The van der Waals surface area contributed by atoms with E-state index in [0.29, 0.717) is 36.2 Å². The van der Waals surface area contributed by atoms with Gasteiger partial charge in [-0.15, -0.1) is 11.6 Å². The van der Waals surface area contributed by atoms with E-state index < -0.39 is 0 Å². The van der Waals surface area contributed by atoms with Gasteiger partial charge in [0.1, 0.15) is 5.82 Å². The zero-order valence-electron chi connectivity index (χ0n) is 10.2. The summed E-state index contributed by atoms with van der Waals surface area (Å²) in [5, 5.41) is 0.469. The van der Waals surface area contributed by atoms with Crippen LogP contribution < -0.4 is 0 Å². The minimum atomic E-state index is -0.261. The minimum absolute atomic E-state index is 0.00779. The molecule has 5 heteroatoms. The maximum atomic E-state index is 13.7. The van der Waals surface area contributed by atoms with Gasteiger partial charge in [0.05, 0.1) is 12.7 Å². The summed E-state index contributed by atoms with van der Waals surface area (Å²) in [6, 6.07) is 5.00. The van der Waals surface area contributed by atoms with Crippen LogP contribution in [0.5, 0.6) is 0 Å². The van der Waals surface area contributed by atoms with Crippen LogP contribution in [0.1, 0.15) is 12.5 Å². The Bertz CT molecular complexity index is 396. The Morgan fingerprint density at radius 3 is 2.94 bits per heavy atom. The lowest BCUT2D eigenvalue weighted by Crippen LogP contribution is -2.48. The third kappa shape index (κ3) is 3.15. The van der Waals surface area contributed by atoms with Gasteiger partial charge >= 0.3 is 0 Å². The third-order valence-electron chi connectivity index (χ3n) is 3.23. The van der Waals surface area contributed by atoms with Crippen molar-refractivity contribution in [3.05, 3.63) is 34.6 Å². The summed E-state index contributed by atoms with van der Waals surface area (Å²) < 4.78 is 19.3. The quantitative estimate of drug-likeness (QED) is 0.793. The molecular weight excluding hydrogens is 276 g/mol. The van der Waals surface area contributed by atoms with E-state index in [1.54, 1.807) is 12.1 Å². The molecule has 2 unspecified atom stereocenters. The van der Waals surface area contributed by atoms with Gasteiger partial charge in [-0.2, -0.15) is 0 Å². The molecular formula is C13H16Cl2FNO. The molecule has 2 atom stereocenters. The number of ether oxygens (including phenoxy) is 1. The van der Waals surface area contributed by atoms with Crippen molar-refractivity contribution in [2.45, 2.75) is 25.6 Å². The molecule has 2 rings (SSSR count). The molecule has 0 saturated carbocycles. The van der Waals surface area contributed by atoms with Gasteiger partial charge in [0.25, 0.3) is 0 Å². The van der Waals surface area contributed by atoms with Gasteiger partial charge in [-0.25, -0.2) is 4.39 Å². The van der Waals surface area contributed by atoms with Crippen molar-refractivity contribution in [1.29, 1.82) is 0 Å². The topological polar surface area (TPSA) is 12.5 Å². The number of alkyl halides is 1. The fraction of sp³-hybridized carbons (Fsp3) is 0.538. The molecule has 1 aliphatic heterocycles. The van der Waals surface area contributed by atoms with Crippen molar-refractivity contribution >= 4 is 23.2 Å². The molecule has 1 saturated heterocycles. The third-order valence-corrected chi connectivity index (χ3v) is 3.93. The number of nitrogens with zero attached hydrogens (tertiary/aromatic N) is 1. The normalized spacial score (nSPS) is 25.3. The Balaban J connectivity index is 2.12. The predicted octanol–water partition coefficient (Wildman–Crippen LogP) is 3.31. The van der Waals surface area contributed by atoms with Crippen molar-refractivity contribution in [3.63, 3.8) is 0 Å². The number of halogens is 3. The SMILES string of the molecule is CC1COC(CCl)CN1Cc1c(F)cccc1Cl. The average molecular weight is 292 g/mol. The van der Waals surface area contributed by atoms with Crippen molar-refractivity contribution < 1.29 is 9.13 Å². The first-order chi connectivity index (χ1) is 8.61. The van der Waals surface area contributed by atoms with Gasteiger partial charge in [0.2, 0.25) is 0 Å². The average Bonchev–Trinajstić information content (AvgIpc) is 2.36. The zero-order valence-corrected chi connectivity index (χ0v) is 11.7. The molecule has 0 aromatic heterocycles. The molecule has 0 radical (unpaired) electrons. The Morgan fingerprint density at radius 2 is 2.28 bits per heavy atom. The lowest BCUT2D eigenvalue weighted by Gasteiger charge is -2.37. The van der Waals surface area contributed by atoms with Crippen LogP contribution in [0.15, 0.2) is 18.2 Å². The highest BCUT2D eigenvalue weighted by Gasteiger charge is 2.26. The highest BCUT2D eigenvalue weighted by molar-refractivity contribution is 6.31. The zero-order chi connectivity index (χ0) is 13.1. The molecule has 1 aliphatic rings. The largest absolute Gasteiger partial charge is 0.374 e. The summed E-state index contributed by atoms with van der Waals surface area (Å²) >= 11 is 11.8. The highest BCUT2D eigenvalue weighted by atomic mass is 35.5. The number of hydrogen-bond acceptors (Lipinski definition) is 2. The van der Waals surface area contributed by atoms with Gasteiger partial charge in [-0.3, -0.25) is 4.90 Å². The highest BCUT2D eigenvalue weighted by Crippen LogP contribution is 2.23. The van der Waals surface area contributed by atoms with Crippen molar-refractivity contribution in [2.24, 2.45) is 0 Å². The summed E-state index contributed by atoms with van der Waals surface area (Å²) in [7, 11) is 0. The molecule has 2 nitrogen and oxygen atoms in total. The van der Waals surface area contributed by atoms with E-state index in [1.165, 1.54) is 6.07 Å². The Morgan fingerprint density at radius 1 is 1.50 bits per heavy atom. The smallest absolute Gasteiger partial charge is 0.129 e. The van der Waals surface area contributed by atoms with Crippen LogP contribution in [-0.2, 0) is 11.3 Å². The van der Waals surface area contributed by atoms with E-state index in [1.807, 2.05) is 0 Å². The number of rotatable bonds is 3. The van der Waals surface area contributed by atoms with Crippen LogP contribution in [0, 0.1) is 5.82 Å². The monoisotopic (exact) mass is 291 g/mol. The molecule has 0 amide bonds. The second kappa shape index (κ2) is 6.20. The maximum absolute atomic E-state index is 13.7. The standard InChI is InChI=1S/C13H16Cl2FNO/c1-9-8-18-10(5-14)6-17(9)7-11-12(15)3-2-4-13(11)16/h2-4,9-10H,5-8H2,1H3. The lowest BCUT2D eigenvalue weighted by atomic mass is 10.1. The number of benzene rings is 1. The van der Waals surface area contributed by atoms with Gasteiger partial charge in [-0.05, 0) is 19.1 Å². The molecule has 0 N–H and O–H groups in total. The van der Waals surface area contributed by atoms with E-state index in [-0.39, 0.29) is 18.0 Å². The van der Waals surface area contributed by atoms with E-state index >= 15 is 0 Å². The lowest BCUT2D eigenvalue weighted by molar-refractivity contribution is -0.0513. The Hall–Kier alpha value is -0.350. The van der Waals surface area contributed by atoms with Crippen LogP contribution in [0.2, 0.25) is 5.02 Å². The first-order valence-corrected chi connectivity index (χ1v) is 6.87. The fourth-order valence-corrected chi connectivity index (χ4v) is 2.48. The summed E-state index contributed by atoms with van der Waals surface area (Å²) in [5.74, 6) is 0.192. The Labute approximate surface area is 117 Å². The van der Waals surface area contributed by atoms with Gasteiger partial charge in [0, 0.05) is 35.6 Å². The van der Waals surface area contributed by atoms with Gasteiger partial charge in [0.15, 0.2) is 0 Å². The van der Waals surface area contributed by atoms with Crippen LogP contribution >= 0.6 is 23.2 Å². The molecule has 0 aliphatic carbocycles. The maximum Gasteiger partial charge on any atom is 0.129 e. The summed E-state index contributed by atoms with van der Waals surface area (Å²) in [5.41, 5.74) is 0.543. The van der Waals surface area contributed by atoms with Crippen molar-refractivity contribution in [3.8, 4) is 0 Å². The molecule has 1 aromatic carbocycles. The predicted molar refractivity (Wildman–Crippen MR) is 71.7 cm³/mol. The summed E-state index contributed by atoms with van der Waals surface area (Å²) in [4.78, 5) is 2.15. The summed E-state index contributed by atoms with van der Waals surface area (Å²) in [6.07, 6.45) is 0.00779. The molecule has 1 aromatic rings. The minimum Gasteiger partial charge on any atom is -0.374 e. The Kier molecular flexibility index (Phi) is 4.84. The molecule has 100 valence electrons. The van der Waals surface area contributed by atoms with Crippen LogP contribution in [0.25, 0.3) is 0 Å². The molecule has 1 fully saturated rings. The van der Waals surface area contributed by atoms with Gasteiger partial charge in [-0.1, -0.05) is 17.7 Å². The molecule has 0 spiro atoms. The number of hydrogen-bond donors (Lipinski definition) is 0. The number of morpholine rings is 1. The van der Waals surface area contributed by atoms with E-state index in [4.69, 9.17) is 27.9 Å².